The van der Waals surface area contributed by atoms with Crippen molar-refractivity contribution in [3.63, 3.8) is 0 Å². The lowest BCUT2D eigenvalue weighted by Gasteiger charge is -2.01. The fraction of sp³-hybridized carbons (Fsp3) is 0.750. The minimum Gasteiger partial charge on any atom is -0.321 e. The van der Waals surface area contributed by atoms with Crippen LogP contribution >= 0.6 is 35.2 Å². The predicted molar refractivity (Wildman–Crippen MR) is 45.7 cm³/mol. The van der Waals surface area contributed by atoms with Crippen LogP contribution in [0.3, 0.4) is 0 Å². The maximum absolute atomic E-state index is 10.6. The standard InChI is InChI=1S/C4H8INOS/c5-1-4(7)3(6)2-8/h3,8H,1-2,6H2. The normalized spacial score (nSPS) is 13.4. The number of carbonyl (C=O) groups excluding carboxylic acids is 1. The van der Waals surface area contributed by atoms with E-state index in [9.17, 15) is 4.79 Å². The minimum atomic E-state index is -0.366. The fourth-order valence-corrected chi connectivity index (χ4v) is 0.970. The Morgan fingerprint density at radius 3 is 2.50 bits per heavy atom. The second-order valence-corrected chi connectivity index (χ2v) is 2.52. The van der Waals surface area contributed by atoms with E-state index in [1.165, 1.54) is 0 Å². The van der Waals surface area contributed by atoms with E-state index >= 15 is 0 Å². The summed E-state index contributed by atoms with van der Waals surface area (Å²) in [6, 6.07) is -0.366. The summed E-state index contributed by atoms with van der Waals surface area (Å²) < 4.78 is 0.486. The molecule has 0 saturated carbocycles. The van der Waals surface area contributed by atoms with Crippen molar-refractivity contribution in [3.8, 4) is 0 Å². The van der Waals surface area contributed by atoms with Crippen molar-refractivity contribution in [3.05, 3.63) is 0 Å². The number of alkyl halides is 1. The van der Waals surface area contributed by atoms with Crippen LogP contribution < -0.4 is 5.73 Å². The number of halogens is 1. The SMILES string of the molecule is NC(CS)C(=O)CI. The Morgan fingerprint density at radius 1 is 1.88 bits per heavy atom. The lowest BCUT2D eigenvalue weighted by Crippen LogP contribution is -2.32. The number of hydrogen-bond acceptors (Lipinski definition) is 3. The quantitative estimate of drug-likeness (QED) is 0.425. The van der Waals surface area contributed by atoms with Crippen LogP contribution in [0.15, 0.2) is 0 Å². The highest BCUT2D eigenvalue weighted by molar-refractivity contribution is 14.1. The molecule has 0 rings (SSSR count). The van der Waals surface area contributed by atoms with Gasteiger partial charge in [0.15, 0.2) is 5.78 Å². The van der Waals surface area contributed by atoms with E-state index in [1.807, 2.05) is 22.6 Å². The highest BCUT2D eigenvalue weighted by Crippen LogP contribution is 1.90. The summed E-state index contributed by atoms with van der Waals surface area (Å²) >= 11 is 5.85. The second kappa shape index (κ2) is 4.58. The maximum Gasteiger partial charge on any atom is 0.160 e. The third-order valence-corrected chi connectivity index (χ3v) is 1.89. The number of Topliss-reactive ketones (excluding diaryl/α,β-unsaturated/α-hetero) is 1. The van der Waals surface area contributed by atoms with Gasteiger partial charge in [-0.1, -0.05) is 22.6 Å². The van der Waals surface area contributed by atoms with Crippen molar-refractivity contribution in [1.82, 2.24) is 0 Å². The molecule has 48 valence electrons. The molecule has 8 heavy (non-hydrogen) atoms. The number of carbonyl (C=O) groups is 1. The van der Waals surface area contributed by atoms with Crippen molar-refractivity contribution >= 4 is 41.0 Å². The molecule has 1 unspecified atom stereocenters. The van der Waals surface area contributed by atoms with E-state index in [4.69, 9.17) is 5.73 Å². The lowest BCUT2D eigenvalue weighted by molar-refractivity contribution is -0.117. The molecule has 0 aromatic carbocycles. The summed E-state index contributed by atoms with van der Waals surface area (Å²) in [6.45, 7) is 0. The van der Waals surface area contributed by atoms with Gasteiger partial charge in [0.25, 0.3) is 0 Å². The average Bonchev–Trinajstić information content (AvgIpc) is 1.84. The Kier molecular flexibility index (Phi) is 4.98. The third-order valence-electron chi connectivity index (χ3n) is 0.742. The predicted octanol–water partition coefficient (Wildman–Crippen LogP) is 0.248. The highest BCUT2D eigenvalue weighted by Gasteiger charge is 2.07. The molecule has 0 amide bonds. The van der Waals surface area contributed by atoms with Crippen LogP contribution in [0, 0.1) is 0 Å². The molecule has 0 aliphatic rings. The molecule has 0 saturated heterocycles. The largest absolute Gasteiger partial charge is 0.321 e. The van der Waals surface area contributed by atoms with Crippen LogP contribution in [0.1, 0.15) is 0 Å². The van der Waals surface area contributed by atoms with Gasteiger partial charge < -0.3 is 5.73 Å². The molecular weight excluding hydrogens is 237 g/mol. The van der Waals surface area contributed by atoms with Gasteiger partial charge in [-0.25, -0.2) is 0 Å². The molecule has 0 aliphatic heterocycles. The topological polar surface area (TPSA) is 43.1 Å². The van der Waals surface area contributed by atoms with Crippen LogP contribution in [-0.4, -0.2) is 22.0 Å². The van der Waals surface area contributed by atoms with Crippen molar-refractivity contribution in [1.29, 1.82) is 0 Å². The van der Waals surface area contributed by atoms with E-state index in [0.717, 1.165) is 0 Å². The van der Waals surface area contributed by atoms with Gasteiger partial charge in [0.2, 0.25) is 0 Å². The first-order valence-electron chi connectivity index (χ1n) is 2.17. The molecule has 2 nitrogen and oxygen atoms in total. The Morgan fingerprint density at radius 2 is 2.38 bits per heavy atom. The van der Waals surface area contributed by atoms with Gasteiger partial charge >= 0.3 is 0 Å². The average molecular weight is 245 g/mol. The van der Waals surface area contributed by atoms with Crippen molar-refractivity contribution < 1.29 is 4.79 Å². The molecule has 0 aromatic heterocycles. The molecular formula is C4H8INOS. The molecule has 0 fully saturated rings. The molecule has 0 bridgehead atoms. The zero-order valence-electron chi connectivity index (χ0n) is 4.30. The monoisotopic (exact) mass is 245 g/mol. The van der Waals surface area contributed by atoms with Crippen LogP contribution in [0.5, 0.6) is 0 Å². The van der Waals surface area contributed by atoms with Crippen LogP contribution in [0.25, 0.3) is 0 Å². The summed E-state index contributed by atoms with van der Waals surface area (Å²) in [7, 11) is 0. The molecule has 1 atom stereocenters. The van der Waals surface area contributed by atoms with Gasteiger partial charge in [-0.2, -0.15) is 12.6 Å². The highest BCUT2D eigenvalue weighted by atomic mass is 127. The number of rotatable bonds is 3. The Hall–Kier alpha value is 0.710. The first-order valence-corrected chi connectivity index (χ1v) is 4.33. The van der Waals surface area contributed by atoms with Crippen LogP contribution in [0.4, 0.5) is 0 Å². The molecule has 0 heterocycles. The van der Waals surface area contributed by atoms with E-state index < -0.39 is 0 Å². The summed E-state index contributed by atoms with van der Waals surface area (Å²) in [4.78, 5) is 10.6. The number of thiol groups is 1. The zero-order valence-corrected chi connectivity index (χ0v) is 7.35. The number of ketones is 1. The molecule has 0 radical (unpaired) electrons. The van der Waals surface area contributed by atoms with Gasteiger partial charge in [0.1, 0.15) is 0 Å². The molecule has 2 N–H and O–H groups in total. The first-order chi connectivity index (χ1) is 3.72. The Balaban J connectivity index is 3.46. The zero-order chi connectivity index (χ0) is 6.57. The molecule has 0 spiro atoms. The molecule has 0 aliphatic carbocycles. The molecule has 4 heteroatoms. The summed E-state index contributed by atoms with van der Waals surface area (Å²) in [5.41, 5.74) is 5.30. The van der Waals surface area contributed by atoms with E-state index in [-0.39, 0.29) is 11.8 Å². The summed E-state index contributed by atoms with van der Waals surface area (Å²) in [5.74, 6) is 0.516. The summed E-state index contributed by atoms with van der Waals surface area (Å²) in [5, 5.41) is 0. The van der Waals surface area contributed by atoms with Crippen molar-refractivity contribution in [2.24, 2.45) is 5.73 Å². The van der Waals surface area contributed by atoms with Gasteiger partial charge in [0.05, 0.1) is 10.5 Å². The Labute approximate surface area is 67.8 Å². The van der Waals surface area contributed by atoms with Crippen molar-refractivity contribution in [2.45, 2.75) is 6.04 Å². The number of nitrogens with two attached hydrogens (primary N) is 1. The first kappa shape index (κ1) is 8.71. The molecule has 0 aromatic rings. The smallest absolute Gasteiger partial charge is 0.160 e. The van der Waals surface area contributed by atoms with E-state index in [0.29, 0.717) is 10.2 Å². The lowest BCUT2D eigenvalue weighted by atomic mass is 10.3. The number of hydrogen-bond donors (Lipinski definition) is 2. The third kappa shape index (κ3) is 2.88. The van der Waals surface area contributed by atoms with Gasteiger partial charge in [0, 0.05) is 5.75 Å². The maximum atomic E-state index is 10.6. The van der Waals surface area contributed by atoms with E-state index in [1.54, 1.807) is 0 Å². The van der Waals surface area contributed by atoms with E-state index in [2.05, 4.69) is 12.6 Å². The summed E-state index contributed by atoms with van der Waals surface area (Å²) in [6.07, 6.45) is 0. The van der Waals surface area contributed by atoms with Crippen LogP contribution in [0.2, 0.25) is 0 Å². The fourth-order valence-electron chi connectivity index (χ4n) is 0.201. The van der Waals surface area contributed by atoms with Gasteiger partial charge in [-0.15, -0.1) is 0 Å². The van der Waals surface area contributed by atoms with Gasteiger partial charge in [-0.05, 0) is 0 Å². The Bertz CT molecular complexity index is 88.1. The minimum absolute atomic E-state index is 0.0700. The van der Waals surface area contributed by atoms with Gasteiger partial charge in [-0.3, -0.25) is 4.79 Å². The van der Waals surface area contributed by atoms with Crippen molar-refractivity contribution in [2.75, 3.05) is 10.2 Å². The second-order valence-electron chi connectivity index (χ2n) is 1.39. The van der Waals surface area contributed by atoms with Crippen LogP contribution in [-0.2, 0) is 4.79 Å².